The number of benzene rings is 1. The van der Waals surface area contributed by atoms with Gasteiger partial charge in [-0.25, -0.2) is 19.2 Å². The van der Waals surface area contributed by atoms with Crippen molar-refractivity contribution < 1.29 is 29.2 Å². The fourth-order valence-electron chi connectivity index (χ4n) is 11.7. The maximum Gasteiger partial charge on any atom is 0.355 e. The average molecular weight is 842 g/mol. The first-order valence-corrected chi connectivity index (χ1v) is 21.8. The van der Waals surface area contributed by atoms with Gasteiger partial charge in [0.2, 0.25) is 0 Å². The van der Waals surface area contributed by atoms with Gasteiger partial charge in [0.05, 0.1) is 35.1 Å². The van der Waals surface area contributed by atoms with Gasteiger partial charge in [-0.3, -0.25) is 4.99 Å². The predicted octanol–water partition coefficient (Wildman–Crippen LogP) is 6.68. The second-order valence-electron chi connectivity index (χ2n) is 18.4. The Kier molecular flexibility index (Phi) is 11.5. The molecule has 4 aliphatic carbocycles. The molecule has 4 bridgehead atoms. The van der Waals surface area contributed by atoms with Crippen molar-refractivity contribution in [3.8, 4) is 0 Å². The number of allylic oxidation sites excluding steroid dienone is 1. The highest BCUT2D eigenvalue weighted by atomic mass is 32.1. The van der Waals surface area contributed by atoms with Crippen LogP contribution in [0.1, 0.15) is 99.3 Å². The van der Waals surface area contributed by atoms with E-state index in [0.717, 1.165) is 62.5 Å². The molecular weight excluding hydrogens is 786 g/mol. The molecule has 4 aromatic rings. The number of pyridine rings is 1. The van der Waals surface area contributed by atoms with Crippen LogP contribution in [0.25, 0.3) is 15.8 Å². The molecule has 0 spiro atoms. The number of aromatic carboxylic acids is 1. The summed E-state index contributed by atoms with van der Waals surface area (Å²) in [6.45, 7) is 11.4. The van der Waals surface area contributed by atoms with Crippen molar-refractivity contribution >= 4 is 61.4 Å². The lowest BCUT2D eigenvalue weighted by Gasteiger charge is -2.69. The van der Waals surface area contributed by atoms with Crippen molar-refractivity contribution in [2.24, 2.45) is 27.0 Å². The SMILES string of the molecule is CC(=NCC12CC3(C)CC(C)(C1)CC(OCCNCC[C@H](O)CO)(C3)C2)C(=CN)c1ccc(N2CCCc3c2nnc(Nc2nc4cccc(F)c4s2)c3C)nc1C(=O)O. The van der Waals surface area contributed by atoms with Gasteiger partial charge in [0.1, 0.15) is 11.6 Å². The number of carbonyl (C=O) groups is 1. The standard InChI is InChI=1S/C44H56FN9O5S/c1-26-29-7-6-15-54(38(29)53-52-37(26)51-40-49-33-9-5-8-32(45)36(33)60-40)34-11-10-30(35(50-34)39(57)58)31(17-46)27(2)48-25-43-20-41(3)19-42(4,21-43)23-44(22-41,24-43)59-16-14-47-13-12-28(56)18-55/h5,8-11,17,28,47,55-56H,6-7,12-16,18-25,46H2,1-4H3,(H,57,58)(H,49,51,52)/t28-,41?,42?,43?,44?/m0/s1. The highest BCUT2D eigenvalue weighted by Gasteiger charge is 2.66. The van der Waals surface area contributed by atoms with Crippen LogP contribution in [0.3, 0.4) is 0 Å². The van der Waals surface area contributed by atoms with E-state index in [-0.39, 0.29) is 40.0 Å². The number of aliphatic imine (C=N–C) groups is 1. The van der Waals surface area contributed by atoms with Crippen LogP contribution < -0.4 is 21.3 Å². The zero-order valence-corrected chi connectivity index (χ0v) is 35.7. The molecule has 1 aliphatic heterocycles. The summed E-state index contributed by atoms with van der Waals surface area (Å²) in [6.07, 6.45) is 9.00. The highest BCUT2D eigenvalue weighted by molar-refractivity contribution is 7.22. The molecule has 60 heavy (non-hydrogen) atoms. The molecule has 0 amide bonds. The number of nitrogens with two attached hydrogens (primary N) is 1. The molecule has 16 heteroatoms. The van der Waals surface area contributed by atoms with Crippen LogP contribution in [-0.4, -0.2) is 98.3 Å². The van der Waals surface area contributed by atoms with Gasteiger partial charge in [-0.1, -0.05) is 31.3 Å². The fourth-order valence-corrected chi connectivity index (χ4v) is 12.6. The number of aliphatic hydroxyl groups excluding tert-OH is 2. The minimum atomic E-state index is -1.18. The number of nitrogens with one attached hydrogen (secondary N) is 2. The van der Waals surface area contributed by atoms with Crippen molar-refractivity contribution in [1.29, 1.82) is 0 Å². The number of halogens is 1. The summed E-state index contributed by atoms with van der Waals surface area (Å²) in [5, 5.41) is 45.5. The van der Waals surface area contributed by atoms with Gasteiger partial charge in [-0.15, -0.1) is 10.2 Å². The molecular formula is C44H56FN9O5S. The van der Waals surface area contributed by atoms with Crippen LogP contribution in [0.15, 0.2) is 41.5 Å². The van der Waals surface area contributed by atoms with E-state index in [2.05, 4.69) is 39.7 Å². The number of rotatable bonds is 16. The Morgan fingerprint density at radius 3 is 2.60 bits per heavy atom. The molecule has 9 rings (SSSR count). The van der Waals surface area contributed by atoms with E-state index in [1.165, 1.54) is 23.6 Å². The van der Waals surface area contributed by atoms with Crippen LogP contribution >= 0.6 is 11.3 Å². The van der Waals surface area contributed by atoms with Crippen molar-refractivity contribution in [3.63, 3.8) is 0 Å². The van der Waals surface area contributed by atoms with E-state index >= 15 is 0 Å². The number of hydrogen-bond donors (Lipinski definition) is 6. The maximum atomic E-state index is 14.4. The maximum absolute atomic E-state index is 14.4. The molecule has 4 saturated carbocycles. The minimum Gasteiger partial charge on any atom is -0.476 e. The molecule has 14 nitrogen and oxygen atoms in total. The van der Waals surface area contributed by atoms with Crippen LogP contribution in [0.5, 0.6) is 0 Å². The molecule has 3 atom stereocenters. The van der Waals surface area contributed by atoms with Crippen LogP contribution in [0, 0.1) is 29.0 Å². The second kappa shape index (κ2) is 16.3. The quantitative estimate of drug-likeness (QED) is 0.0515. The van der Waals surface area contributed by atoms with Crippen LogP contribution in [0.2, 0.25) is 0 Å². The summed E-state index contributed by atoms with van der Waals surface area (Å²) in [4.78, 5) is 29.2. The van der Waals surface area contributed by atoms with E-state index in [9.17, 15) is 19.4 Å². The third kappa shape index (κ3) is 8.24. The van der Waals surface area contributed by atoms with Gasteiger partial charge in [0, 0.05) is 53.8 Å². The van der Waals surface area contributed by atoms with Gasteiger partial charge in [0.25, 0.3) is 0 Å². The average Bonchev–Trinajstić information content (AvgIpc) is 3.62. The van der Waals surface area contributed by atoms with Crippen molar-refractivity contribution in [3.05, 3.63) is 64.7 Å². The summed E-state index contributed by atoms with van der Waals surface area (Å²) in [5.41, 5.74) is 10.1. The minimum absolute atomic E-state index is 0.0574. The van der Waals surface area contributed by atoms with E-state index in [0.29, 0.717) is 88.9 Å². The zero-order chi connectivity index (χ0) is 42.5. The van der Waals surface area contributed by atoms with Crippen molar-refractivity contribution in [2.45, 2.75) is 97.2 Å². The van der Waals surface area contributed by atoms with Crippen molar-refractivity contribution in [1.82, 2.24) is 25.5 Å². The lowest BCUT2D eigenvalue weighted by atomic mass is 9.39. The van der Waals surface area contributed by atoms with Crippen LogP contribution in [0.4, 0.5) is 27.0 Å². The first-order valence-electron chi connectivity index (χ1n) is 20.9. The molecule has 5 aliphatic rings. The molecule has 0 radical (unpaired) electrons. The van der Waals surface area contributed by atoms with E-state index in [1.807, 2.05) is 18.7 Å². The topological polar surface area (TPSA) is 204 Å². The van der Waals surface area contributed by atoms with E-state index < -0.39 is 12.1 Å². The van der Waals surface area contributed by atoms with Gasteiger partial charge >= 0.3 is 5.97 Å². The number of ether oxygens (including phenoxy) is 1. The molecule has 320 valence electrons. The highest BCUT2D eigenvalue weighted by Crippen LogP contribution is 2.71. The number of carboxylic acids is 1. The smallest absolute Gasteiger partial charge is 0.355 e. The molecule has 0 saturated heterocycles. The largest absolute Gasteiger partial charge is 0.476 e. The summed E-state index contributed by atoms with van der Waals surface area (Å²) < 4.78 is 21.6. The number of anilines is 4. The number of thiazole rings is 1. The predicted molar refractivity (Wildman–Crippen MR) is 232 cm³/mol. The third-order valence-corrected chi connectivity index (χ3v) is 14.0. The molecule has 2 unspecified atom stereocenters. The second-order valence-corrected chi connectivity index (χ2v) is 19.4. The fraction of sp³-hybridized carbons (Fsp3) is 0.545. The van der Waals surface area contributed by atoms with Gasteiger partial charge < -0.3 is 41.3 Å². The summed E-state index contributed by atoms with van der Waals surface area (Å²) in [5.74, 6) is 0.0764. The van der Waals surface area contributed by atoms with Crippen molar-refractivity contribution in [2.75, 3.05) is 49.6 Å². The zero-order valence-electron chi connectivity index (χ0n) is 34.9. The van der Waals surface area contributed by atoms with Crippen LogP contribution in [-0.2, 0) is 11.2 Å². The lowest BCUT2D eigenvalue weighted by Crippen LogP contribution is -2.64. The number of carboxylic acid groups (broad SMARTS) is 1. The first kappa shape index (κ1) is 42.1. The summed E-state index contributed by atoms with van der Waals surface area (Å²) >= 11 is 1.21. The molecule has 4 fully saturated rings. The normalized spacial score (nSPS) is 26.8. The third-order valence-electron chi connectivity index (χ3n) is 13.0. The lowest BCUT2D eigenvalue weighted by molar-refractivity contribution is -0.241. The van der Waals surface area contributed by atoms with E-state index in [4.69, 9.17) is 25.6 Å². The van der Waals surface area contributed by atoms with E-state index in [1.54, 1.807) is 24.3 Å². The number of nitrogens with zero attached hydrogens (tertiary/aromatic N) is 6. The monoisotopic (exact) mass is 841 g/mol. The number of aromatic nitrogens is 4. The Morgan fingerprint density at radius 2 is 1.88 bits per heavy atom. The number of hydrogen-bond acceptors (Lipinski definition) is 14. The summed E-state index contributed by atoms with van der Waals surface area (Å²) in [6, 6.07) is 8.38. The summed E-state index contributed by atoms with van der Waals surface area (Å²) in [7, 11) is 0. The Labute approximate surface area is 353 Å². The Morgan fingerprint density at radius 1 is 1.10 bits per heavy atom. The molecule has 4 heterocycles. The number of aliphatic hydroxyl groups is 2. The molecule has 7 N–H and O–H groups in total. The Balaban J connectivity index is 0.997. The Bertz CT molecular complexity index is 2330. The molecule has 3 aromatic heterocycles. The Hall–Kier alpha value is -4.61. The van der Waals surface area contributed by atoms with Gasteiger partial charge in [0.15, 0.2) is 22.5 Å². The molecule has 1 aromatic carbocycles. The first-order chi connectivity index (χ1) is 28.7. The van der Waals surface area contributed by atoms with Gasteiger partial charge in [-0.2, -0.15) is 0 Å². The van der Waals surface area contributed by atoms with Gasteiger partial charge in [-0.05, 0) is 119 Å². The number of fused-ring (bicyclic) bond motifs is 2.